The number of aromatic hydroxyl groups is 1. The van der Waals surface area contributed by atoms with Gasteiger partial charge >= 0.3 is 0 Å². The summed E-state index contributed by atoms with van der Waals surface area (Å²) in [5.41, 5.74) is -0.410. The molecule has 4 heteroatoms. The van der Waals surface area contributed by atoms with Crippen LogP contribution in [0.5, 0.6) is 11.5 Å². The van der Waals surface area contributed by atoms with Crippen molar-refractivity contribution >= 4 is 0 Å². The summed E-state index contributed by atoms with van der Waals surface area (Å²) in [4.78, 5) is 11.1. The monoisotopic (exact) mass is 208 g/mol. The highest BCUT2D eigenvalue weighted by Crippen LogP contribution is 2.17. The molecular weight excluding hydrogens is 196 g/mol. The van der Waals surface area contributed by atoms with Crippen LogP contribution in [0.4, 0.5) is 0 Å². The van der Waals surface area contributed by atoms with Gasteiger partial charge in [0.15, 0.2) is 5.75 Å². The number of hydrogen-bond acceptors (Lipinski definition) is 4. The molecule has 1 aromatic carbocycles. The molecule has 1 fully saturated rings. The Morgan fingerprint density at radius 3 is 3.07 bits per heavy atom. The Kier molecular flexibility index (Phi) is 2.87. The molecule has 1 atom stereocenters. The van der Waals surface area contributed by atoms with Gasteiger partial charge in [0.05, 0.1) is 13.2 Å². The van der Waals surface area contributed by atoms with Crippen LogP contribution in [0, 0.1) is 0 Å². The van der Waals surface area contributed by atoms with E-state index in [4.69, 9.17) is 9.47 Å². The maximum atomic E-state index is 11.1. The van der Waals surface area contributed by atoms with Crippen LogP contribution in [-0.4, -0.2) is 24.4 Å². The van der Waals surface area contributed by atoms with Gasteiger partial charge in [-0.25, -0.2) is 0 Å². The summed E-state index contributed by atoms with van der Waals surface area (Å²) >= 11 is 0. The first-order valence-corrected chi connectivity index (χ1v) is 4.83. The van der Waals surface area contributed by atoms with Gasteiger partial charge in [-0.2, -0.15) is 0 Å². The van der Waals surface area contributed by atoms with Crippen molar-refractivity contribution in [1.82, 2.24) is 0 Å². The van der Waals surface area contributed by atoms with Gasteiger partial charge in [-0.15, -0.1) is 0 Å². The van der Waals surface area contributed by atoms with Crippen LogP contribution in [0.25, 0.3) is 0 Å². The zero-order valence-electron chi connectivity index (χ0n) is 8.18. The Bertz CT molecular complexity index is 396. The molecule has 0 aliphatic carbocycles. The molecule has 1 N–H and O–H groups in total. The van der Waals surface area contributed by atoms with Gasteiger partial charge in [0.1, 0.15) is 11.9 Å². The van der Waals surface area contributed by atoms with E-state index in [1.165, 1.54) is 12.1 Å². The van der Waals surface area contributed by atoms with Gasteiger partial charge in [0, 0.05) is 12.5 Å². The lowest BCUT2D eigenvalue weighted by atomic mass is 10.3. The average molecular weight is 208 g/mol. The van der Waals surface area contributed by atoms with Crippen LogP contribution >= 0.6 is 0 Å². The van der Waals surface area contributed by atoms with Crippen LogP contribution in [0.1, 0.15) is 6.42 Å². The Morgan fingerprint density at radius 2 is 2.33 bits per heavy atom. The van der Waals surface area contributed by atoms with Gasteiger partial charge in [-0.05, 0) is 12.1 Å². The third-order valence-corrected chi connectivity index (χ3v) is 2.23. The zero-order valence-corrected chi connectivity index (χ0v) is 8.18. The van der Waals surface area contributed by atoms with Crippen LogP contribution in [0.3, 0.4) is 0 Å². The van der Waals surface area contributed by atoms with E-state index in [1.54, 1.807) is 12.1 Å². The average Bonchev–Trinajstić information content (AvgIpc) is 2.64. The van der Waals surface area contributed by atoms with E-state index in [9.17, 15) is 9.90 Å². The Labute approximate surface area is 87.1 Å². The molecule has 0 amide bonds. The molecule has 2 rings (SSSR count). The van der Waals surface area contributed by atoms with Crippen molar-refractivity contribution in [1.29, 1.82) is 0 Å². The maximum absolute atomic E-state index is 11.1. The Morgan fingerprint density at radius 1 is 1.47 bits per heavy atom. The van der Waals surface area contributed by atoms with Crippen molar-refractivity contribution in [3.8, 4) is 11.5 Å². The number of hydrogen-bond donors (Lipinski definition) is 1. The fourth-order valence-electron chi connectivity index (χ4n) is 1.44. The normalized spacial score (nSPS) is 20.1. The Hall–Kier alpha value is -1.55. The number of ether oxygens (including phenoxy) is 2. The molecule has 0 spiro atoms. The summed E-state index contributed by atoms with van der Waals surface area (Å²) in [6.07, 6.45) is 0.853. The smallest absolute Gasteiger partial charge is 0.220 e. The molecule has 80 valence electrons. The van der Waals surface area contributed by atoms with Crippen molar-refractivity contribution in [2.45, 2.75) is 12.5 Å². The lowest BCUT2D eigenvalue weighted by Crippen LogP contribution is -2.15. The highest BCUT2D eigenvalue weighted by molar-refractivity contribution is 5.30. The molecule has 4 nitrogen and oxygen atoms in total. The molecule has 1 heterocycles. The molecule has 1 saturated heterocycles. The molecule has 0 saturated carbocycles. The molecule has 15 heavy (non-hydrogen) atoms. The fourth-order valence-corrected chi connectivity index (χ4v) is 1.44. The molecule has 0 radical (unpaired) electrons. The van der Waals surface area contributed by atoms with Crippen molar-refractivity contribution in [3.63, 3.8) is 0 Å². The standard InChI is InChI=1S/C11H12O4/c12-10-3-1-2-8(6-11(10)13)15-9-4-5-14-7-9/h1-3,6,9H,4-5,7H2,(H,12,13)/t9-/m0/s1. The zero-order chi connectivity index (χ0) is 10.7. The van der Waals surface area contributed by atoms with E-state index >= 15 is 0 Å². The lowest BCUT2D eigenvalue weighted by Gasteiger charge is -2.09. The van der Waals surface area contributed by atoms with Crippen molar-refractivity contribution in [3.05, 3.63) is 34.5 Å². The second-order valence-corrected chi connectivity index (χ2v) is 3.43. The highest BCUT2D eigenvalue weighted by Gasteiger charge is 2.17. The van der Waals surface area contributed by atoms with Gasteiger partial charge in [-0.1, -0.05) is 6.07 Å². The third-order valence-electron chi connectivity index (χ3n) is 2.23. The molecule has 1 aliphatic rings. The predicted molar refractivity (Wildman–Crippen MR) is 54.2 cm³/mol. The van der Waals surface area contributed by atoms with E-state index in [0.717, 1.165) is 6.42 Å². The maximum Gasteiger partial charge on any atom is 0.220 e. The van der Waals surface area contributed by atoms with E-state index in [0.29, 0.717) is 19.0 Å². The fraction of sp³-hybridized carbons (Fsp3) is 0.364. The minimum atomic E-state index is -0.410. The van der Waals surface area contributed by atoms with Gasteiger partial charge < -0.3 is 14.6 Å². The SMILES string of the molecule is O=c1cccc(O[C@H]2CCOC2)cc1O. The summed E-state index contributed by atoms with van der Waals surface area (Å²) in [5.74, 6) is 0.194. The summed E-state index contributed by atoms with van der Waals surface area (Å²) in [6.45, 7) is 1.26. The summed E-state index contributed by atoms with van der Waals surface area (Å²) in [7, 11) is 0. The molecule has 1 aliphatic heterocycles. The first-order chi connectivity index (χ1) is 7.25. The minimum Gasteiger partial charge on any atom is -0.504 e. The second kappa shape index (κ2) is 4.31. The third kappa shape index (κ3) is 2.47. The largest absolute Gasteiger partial charge is 0.504 e. The van der Waals surface area contributed by atoms with Gasteiger partial charge in [-0.3, -0.25) is 4.79 Å². The van der Waals surface area contributed by atoms with Crippen molar-refractivity contribution in [2.75, 3.05) is 13.2 Å². The van der Waals surface area contributed by atoms with Crippen molar-refractivity contribution < 1.29 is 14.6 Å². The first kappa shape index (κ1) is 9.98. The van der Waals surface area contributed by atoms with E-state index in [-0.39, 0.29) is 11.9 Å². The topological polar surface area (TPSA) is 55.8 Å². The first-order valence-electron chi connectivity index (χ1n) is 4.83. The number of rotatable bonds is 2. The van der Waals surface area contributed by atoms with Crippen LogP contribution in [0.15, 0.2) is 29.1 Å². The van der Waals surface area contributed by atoms with Crippen molar-refractivity contribution in [2.24, 2.45) is 0 Å². The lowest BCUT2D eigenvalue weighted by molar-refractivity contribution is 0.141. The van der Waals surface area contributed by atoms with E-state index < -0.39 is 5.43 Å². The quantitative estimate of drug-likeness (QED) is 0.785. The molecular formula is C11H12O4. The summed E-state index contributed by atoms with van der Waals surface area (Å²) < 4.78 is 10.7. The molecule has 0 bridgehead atoms. The second-order valence-electron chi connectivity index (χ2n) is 3.43. The summed E-state index contributed by atoms with van der Waals surface area (Å²) in [5, 5.41) is 9.31. The van der Waals surface area contributed by atoms with Crippen LogP contribution < -0.4 is 10.2 Å². The van der Waals surface area contributed by atoms with Crippen LogP contribution in [-0.2, 0) is 4.74 Å². The van der Waals surface area contributed by atoms with Crippen LogP contribution in [0.2, 0.25) is 0 Å². The van der Waals surface area contributed by atoms with Gasteiger partial charge in [0.2, 0.25) is 5.43 Å². The molecule has 0 unspecified atom stereocenters. The highest BCUT2D eigenvalue weighted by atomic mass is 16.5. The molecule has 1 aromatic rings. The summed E-state index contributed by atoms with van der Waals surface area (Å²) in [6, 6.07) is 5.85. The van der Waals surface area contributed by atoms with E-state index in [2.05, 4.69) is 0 Å². The van der Waals surface area contributed by atoms with E-state index in [1.807, 2.05) is 0 Å². The van der Waals surface area contributed by atoms with Gasteiger partial charge in [0.25, 0.3) is 0 Å². The predicted octanol–water partition coefficient (Wildman–Crippen LogP) is 0.920. The Balaban J connectivity index is 2.18. The minimum absolute atomic E-state index is 0.0157. The molecule has 0 aromatic heterocycles.